The number of benzene rings is 4. The van der Waals surface area contributed by atoms with Crippen LogP contribution < -0.4 is 9.47 Å². The Morgan fingerprint density at radius 2 is 0.957 bits per heavy atom. The molecule has 0 saturated carbocycles. The summed E-state index contributed by atoms with van der Waals surface area (Å²) in [5, 5.41) is 0. The lowest BCUT2D eigenvalue weighted by molar-refractivity contribution is -0.133. The van der Waals surface area contributed by atoms with Crippen molar-refractivity contribution in [2.75, 3.05) is 0 Å². The molecule has 0 N–H and O–H groups in total. The van der Waals surface area contributed by atoms with Crippen molar-refractivity contribution in [3.63, 3.8) is 0 Å². The van der Waals surface area contributed by atoms with Gasteiger partial charge in [0.05, 0.1) is 9.79 Å². The Bertz CT molecular complexity index is 1540. The van der Waals surface area contributed by atoms with Gasteiger partial charge in [-0.25, -0.2) is 0 Å². The van der Waals surface area contributed by atoms with E-state index in [9.17, 15) is 9.59 Å². The first-order chi connectivity index (χ1) is 22.9. The molecule has 0 atom stereocenters. The van der Waals surface area contributed by atoms with E-state index in [1.54, 1.807) is 0 Å². The largest absolute Gasteiger partial charge is 0.425 e. The van der Waals surface area contributed by atoms with Crippen molar-refractivity contribution in [2.24, 2.45) is 0 Å². The third-order valence-electron chi connectivity index (χ3n) is 7.74. The van der Waals surface area contributed by atoms with Crippen LogP contribution in [0.1, 0.15) is 99.6 Å². The van der Waals surface area contributed by atoms with Crippen molar-refractivity contribution in [3.05, 3.63) is 118 Å². The highest BCUT2D eigenvalue weighted by Crippen LogP contribution is 2.43. The molecule has 0 aliphatic carbocycles. The third kappa shape index (κ3) is 11.4. The summed E-state index contributed by atoms with van der Waals surface area (Å²) < 4.78 is 11.6. The van der Waals surface area contributed by atoms with E-state index in [0.717, 1.165) is 44.9 Å². The monoisotopic (exact) mass is 646 g/mol. The third-order valence-corrected chi connectivity index (χ3v) is 8.82. The predicted molar refractivity (Wildman–Crippen MR) is 197 cm³/mol. The molecule has 244 valence electrons. The zero-order chi connectivity index (χ0) is 33.4. The fourth-order valence-electron chi connectivity index (χ4n) is 5.23. The fourth-order valence-corrected chi connectivity index (χ4v) is 6.27. The van der Waals surface area contributed by atoms with E-state index >= 15 is 0 Å². The minimum absolute atomic E-state index is 0.405. The van der Waals surface area contributed by atoms with Crippen LogP contribution >= 0.6 is 11.8 Å². The van der Waals surface area contributed by atoms with E-state index in [4.69, 9.17) is 9.47 Å². The molecule has 4 rings (SSSR count). The van der Waals surface area contributed by atoms with E-state index in [1.807, 2.05) is 60.7 Å². The van der Waals surface area contributed by atoms with Gasteiger partial charge in [0.1, 0.15) is 0 Å². The molecular formula is C42H46O4S. The molecule has 0 amide bonds. The number of aryl methyl sites for hydroxylation is 2. The van der Waals surface area contributed by atoms with E-state index in [-0.39, 0.29) is 0 Å². The zero-order valence-electron chi connectivity index (χ0n) is 28.1. The van der Waals surface area contributed by atoms with Gasteiger partial charge in [-0.3, -0.25) is 9.59 Å². The van der Waals surface area contributed by atoms with Crippen molar-refractivity contribution in [2.45, 2.75) is 88.9 Å². The summed E-state index contributed by atoms with van der Waals surface area (Å²) in [6, 6.07) is 28.7. The summed E-state index contributed by atoms with van der Waals surface area (Å²) in [6.45, 7) is 7.24. The van der Waals surface area contributed by atoms with Crippen molar-refractivity contribution in [1.29, 1.82) is 0 Å². The highest BCUT2D eigenvalue weighted by atomic mass is 32.2. The maximum Gasteiger partial charge on any atom is 0.308 e. The molecule has 0 spiro atoms. The Morgan fingerprint density at radius 3 is 1.32 bits per heavy atom. The molecule has 0 radical (unpaired) electrons. The highest BCUT2D eigenvalue weighted by molar-refractivity contribution is 7.99. The van der Waals surface area contributed by atoms with Crippen molar-refractivity contribution < 1.29 is 19.1 Å². The first-order valence-electron chi connectivity index (χ1n) is 16.7. The van der Waals surface area contributed by atoms with Crippen LogP contribution in [0.2, 0.25) is 0 Å². The van der Waals surface area contributed by atoms with Gasteiger partial charge in [-0.05, 0) is 60.1 Å². The highest BCUT2D eigenvalue weighted by Gasteiger charge is 2.17. The topological polar surface area (TPSA) is 52.6 Å². The Morgan fingerprint density at radius 1 is 0.553 bits per heavy atom. The summed E-state index contributed by atoms with van der Waals surface area (Å²) in [5.41, 5.74) is 6.37. The predicted octanol–water partition coefficient (Wildman–Crippen LogP) is 11.5. The number of ether oxygens (including phenoxy) is 2. The minimum Gasteiger partial charge on any atom is -0.425 e. The molecule has 5 heteroatoms. The first-order valence-corrected chi connectivity index (χ1v) is 17.5. The standard InChI is InChI=1S/C42H46O4S/c1-5-7-9-13-33-19-23-35(24-20-33)27-29-37-15-11-17-39(41(37)45-31(3)43)47-40-18-12-16-38(42(40)46-32(4)44)30-28-36-25-21-34(22-26-36)14-10-8-6-2/h11-12,15-30H,5-10,13-14H2,1-4H3/b29-27-,30-28-. The van der Waals surface area contributed by atoms with Gasteiger partial charge in [0.15, 0.2) is 11.5 Å². The normalized spacial score (nSPS) is 11.3. The van der Waals surface area contributed by atoms with Crippen LogP contribution in [0, 0.1) is 0 Å². The van der Waals surface area contributed by atoms with Gasteiger partial charge in [-0.1, -0.05) is 148 Å². The number of hydrogen-bond donors (Lipinski definition) is 0. The van der Waals surface area contributed by atoms with Crippen LogP contribution in [0.15, 0.2) is 94.7 Å². The van der Waals surface area contributed by atoms with Gasteiger partial charge in [0.2, 0.25) is 0 Å². The van der Waals surface area contributed by atoms with Gasteiger partial charge < -0.3 is 9.47 Å². The SMILES string of the molecule is CCCCCc1ccc(/C=C\c2cccc(Sc3cccc(/C=C\c4ccc(CCCCC)cc4)c3OC(C)=O)c2OC(C)=O)cc1. The number of hydrogen-bond acceptors (Lipinski definition) is 5. The van der Waals surface area contributed by atoms with Crippen molar-refractivity contribution in [3.8, 4) is 11.5 Å². The Kier molecular flexibility index (Phi) is 14.1. The molecule has 0 heterocycles. The lowest BCUT2D eigenvalue weighted by atomic mass is 10.0. The Hall–Kier alpha value is -4.35. The number of rotatable bonds is 16. The van der Waals surface area contributed by atoms with Crippen molar-refractivity contribution in [1.82, 2.24) is 0 Å². The average molecular weight is 647 g/mol. The van der Waals surface area contributed by atoms with Crippen LogP contribution in [-0.4, -0.2) is 11.9 Å². The number of esters is 2. The van der Waals surface area contributed by atoms with Gasteiger partial charge in [-0.15, -0.1) is 0 Å². The molecule has 0 aliphatic rings. The molecule has 0 bridgehead atoms. The molecule has 4 aromatic carbocycles. The Labute approximate surface area is 284 Å². The van der Waals surface area contributed by atoms with Crippen LogP contribution in [0.4, 0.5) is 0 Å². The van der Waals surface area contributed by atoms with E-state index in [1.165, 1.54) is 75.3 Å². The quantitative estimate of drug-likeness (QED) is 0.0525. The number of unbranched alkanes of at least 4 members (excludes halogenated alkanes) is 4. The summed E-state index contributed by atoms with van der Waals surface area (Å²) in [4.78, 5) is 25.9. The second-order valence-corrected chi connectivity index (χ2v) is 12.8. The lowest BCUT2D eigenvalue weighted by Crippen LogP contribution is -2.05. The number of carbonyl (C=O) groups excluding carboxylic acids is 2. The minimum atomic E-state index is -0.405. The molecule has 4 nitrogen and oxygen atoms in total. The zero-order valence-corrected chi connectivity index (χ0v) is 28.9. The number of carbonyl (C=O) groups is 2. The molecule has 0 fully saturated rings. The average Bonchev–Trinajstić information content (AvgIpc) is 3.06. The molecule has 0 unspecified atom stereocenters. The van der Waals surface area contributed by atoms with Crippen LogP contribution in [0.25, 0.3) is 24.3 Å². The van der Waals surface area contributed by atoms with E-state index < -0.39 is 11.9 Å². The smallest absolute Gasteiger partial charge is 0.308 e. The fraction of sp³-hybridized carbons (Fsp3) is 0.286. The van der Waals surface area contributed by atoms with Gasteiger partial charge in [0, 0.05) is 25.0 Å². The maximum absolute atomic E-state index is 12.2. The molecule has 0 saturated heterocycles. The van der Waals surface area contributed by atoms with Crippen molar-refractivity contribution >= 4 is 48.0 Å². The molecule has 47 heavy (non-hydrogen) atoms. The lowest BCUT2D eigenvalue weighted by Gasteiger charge is -2.15. The number of para-hydroxylation sites is 2. The second kappa shape index (κ2) is 18.7. The summed E-state index contributed by atoms with van der Waals surface area (Å²) >= 11 is 1.40. The molecule has 0 aromatic heterocycles. The second-order valence-electron chi connectivity index (χ2n) is 11.7. The Balaban J connectivity index is 1.59. The molecule has 4 aromatic rings. The van der Waals surface area contributed by atoms with Gasteiger partial charge >= 0.3 is 11.9 Å². The molecule has 0 aliphatic heterocycles. The summed E-state index contributed by atoms with van der Waals surface area (Å²) in [7, 11) is 0. The van der Waals surface area contributed by atoms with E-state index in [0.29, 0.717) is 11.5 Å². The maximum atomic E-state index is 12.2. The van der Waals surface area contributed by atoms with Crippen LogP contribution in [0.5, 0.6) is 11.5 Å². The first kappa shape index (κ1) is 35.5. The van der Waals surface area contributed by atoms with Gasteiger partial charge in [-0.2, -0.15) is 0 Å². The van der Waals surface area contributed by atoms with Crippen LogP contribution in [0.3, 0.4) is 0 Å². The summed E-state index contributed by atoms with van der Waals surface area (Å²) in [5.74, 6) is 0.118. The van der Waals surface area contributed by atoms with E-state index in [2.05, 4.69) is 62.4 Å². The molecular weight excluding hydrogens is 601 g/mol. The van der Waals surface area contributed by atoms with Gasteiger partial charge in [0.25, 0.3) is 0 Å². The summed E-state index contributed by atoms with van der Waals surface area (Å²) in [6.07, 6.45) is 17.5. The van der Waals surface area contributed by atoms with Crippen LogP contribution in [-0.2, 0) is 22.4 Å².